The van der Waals surface area contributed by atoms with Crippen molar-refractivity contribution in [3.05, 3.63) is 145 Å². The number of hydrogen-bond donors (Lipinski definition) is 0. The molecule has 0 saturated heterocycles. The van der Waals surface area contributed by atoms with Crippen LogP contribution >= 0.6 is 0 Å². The number of halogens is 2. The standard InChI is InChI=1S/C40H26F2/c41-23-25-20-26(24-42)22-29(21-25)30-18-19-35-38-31(30)16-9-17-34(38)39-36(27-10-3-1-4-11-27)32-14-7-8-15-33(32)37(40(35)39)28-12-5-2-6-13-28/h1-22H,23-24H2. The average Bonchev–Trinajstić information content (AvgIpc) is 3.39. The van der Waals surface area contributed by atoms with Crippen LogP contribution in [0.1, 0.15) is 11.1 Å². The van der Waals surface area contributed by atoms with E-state index in [1.165, 1.54) is 60.7 Å². The van der Waals surface area contributed by atoms with Crippen LogP contribution < -0.4 is 0 Å². The third-order valence-electron chi connectivity index (χ3n) is 8.59. The monoisotopic (exact) mass is 544 g/mol. The molecule has 0 saturated carbocycles. The molecule has 200 valence electrons. The van der Waals surface area contributed by atoms with Gasteiger partial charge >= 0.3 is 0 Å². The average molecular weight is 545 g/mol. The highest BCUT2D eigenvalue weighted by molar-refractivity contribution is 6.28. The molecule has 0 aliphatic heterocycles. The molecule has 0 aromatic heterocycles. The minimum absolute atomic E-state index is 0.496. The fourth-order valence-corrected chi connectivity index (χ4v) is 6.93. The minimum atomic E-state index is -0.624. The van der Waals surface area contributed by atoms with Gasteiger partial charge in [-0.1, -0.05) is 121 Å². The molecule has 0 atom stereocenters. The predicted molar refractivity (Wildman–Crippen MR) is 172 cm³/mol. The highest BCUT2D eigenvalue weighted by Crippen LogP contribution is 2.58. The molecule has 0 radical (unpaired) electrons. The topological polar surface area (TPSA) is 0 Å². The second-order valence-corrected chi connectivity index (χ2v) is 11.0. The van der Waals surface area contributed by atoms with Gasteiger partial charge in [0.15, 0.2) is 0 Å². The van der Waals surface area contributed by atoms with Crippen molar-refractivity contribution in [1.29, 1.82) is 0 Å². The number of alkyl halides is 2. The maximum absolute atomic E-state index is 13.8. The highest BCUT2D eigenvalue weighted by Gasteiger charge is 2.31. The molecule has 1 aliphatic rings. The van der Waals surface area contributed by atoms with Gasteiger partial charge in [0.2, 0.25) is 0 Å². The molecule has 0 unspecified atom stereocenters. The molecule has 0 spiro atoms. The molecule has 7 aromatic rings. The summed E-state index contributed by atoms with van der Waals surface area (Å²) in [5.74, 6) is 0. The third-order valence-corrected chi connectivity index (χ3v) is 8.59. The quantitative estimate of drug-likeness (QED) is 0.202. The van der Waals surface area contributed by atoms with Crippen LogP contribution in [0.2, 0.25) is 0 Å². The Morgan fingerprint density at radius 1 is 0.357 bits per heavy atom. The van der Waals surface area contributed by atoms with Gasteiger partial charge in [0.1, 0.15) is 13.3 Å². The normalized spacial score (nSPS) is 11.8. The fourth-order valence-electron chi connectivity index (χ4n) is 6.93. The van der Waals surface area contributed by atoms with Gasteiger partial charge in [-0.3, -0.25) is 0 Å². The van der Waals surface area contributed by atoms with Crippen molar-refractivity contribution in [2.75, 3.05) is 0 Å². The van der Waals surface area contributed by atoms with Crippen molar-refractivity contribution in [3.63, 3.8) is 0 Å². The van der Waals surface area contributed by atoms with Gasteiger partial charge in [-0.2, -0.15) is 0 Å². The first-order chi connectivity index (χ1) is 20.8. The Balaban J connectivity index is 1.53. The van der Waals surface area contributed by atoms with E-state index < -0.39 is 13.3 Å². The van der Waals surface area contributed by atoms with E-state index in [9.17, 15) is 8.78 Å². The third kappa shape index (κ3) is 3.65. The number of benzene rings is 7. The lowest BCUT2D eigenvalue weighted by molar-refractivity contribution is 0.475. The fraction of sp³-hybridized carbons (Fsp3) is 0.0500. The largest absolute Gasteiger partial charge is 0.246 e. The molecule has 0 N–H and O–H groups in total. The van der Waals surface area contributed by atoms with Crippen LogP contribution in [-0.4, -0.2) is 0 Å². The Bertz CT molecular complexity index is 2030. The SMILES string of the molecule is FCc1cc(CF)cc(-c2ccc3c4c(cccc24)-c2c-3c(-c3ccccc3)c3ccccc3c2-c2ccccc2)c1. The number of rotatable bonds is 5. The van der Waals surface area contributed by atoms with Gasteiger partial charge < -0.3 is 0 Å². The molecule has 0 amide bonds. The Morgan fingerprint density at radius 3 is 1.38 bits per heavy atom. The lowest BCUT2D eigenvalue weighted by Gasteiger charge is -2.20. The highest BCUT2D eigenvalue weighted by atomic mass is 19.1. The van der Waals surface area contributed by atoms with Crippen LogP contribution in [0.25, 0.3) is 77.2 Å². The zero-order valence-electron chi connectivity index (χ0n) is 22.9. The molecule has 0 nitrogen and oxygen atoms in total. The van der Waals surface area contributed by atoms with E-state index in [2.05, 4.69) is 115 Å². The molecule has 0 heterocycles. The van der Waals surface area contributed by atoms with Gasteiger partial charge in [-0.25, -0.2) is 8.78 Å². The Kier molecular flexibility index (Phi) is 5.75. The smallest absolute Gasteiger partial charge is 0.115 e. The molecule has 1 aliphatic carbocycles. The molecule has 2 heteroatoms. The Hall–Kier alpha value is -5.08. The predicted octanol–water partition coefficient (Wildman–Crippen LogP) is 11.6. The van der Waals surface area contributed by atoms with E-state index in [0.717, 1.165) is 16.5 Å². The summed E-state index contributed by atoms with van der Waals surface area (Å²) in [7, 11) is 0. The van der Waals surface area contributed by atoms with Crippen LogP contribution in [0.3, 0.4) is 0 Å². The molecule has 7 aromatic carbocycles. The van der Waals surface area contributed by atoms with E-state index in [0.29, 0.717) is 11.1 Å². The maximum atomic E-state index is 13.8. The second kappa shape index (κ2) is 9.78. The molecule has 8 rings (SSSR count). The van der Waals surface area contributed by atoms with Crippen LogP contribution in [0.15, 0.2) is 133 Å². The summed E-state index contributed by atoms with van der Waals surface area (Å²) in [5.41, 5.74) is 12.5. The minimum Gasteiger partial charge on any atom is -0.246 e. The lowest BCUT2D eigenvalue weighted by atomic mass is 9.82. The summed E-state index contributed by atoms with van der Waals surface area (Å²) in [4.78, 5) is 0. The first kappa shape index (κ1) is 24.7. The van der Waals surface area contributed by atoms with Crippen molar-refractivity contribution < 1.29 is 8.78 Å². The van der Waals surface area contributed by atoms with Crippen LogP contribution in [0, 0.1) is 0 Å². The lowest BCUT2D eigenvalue weighted by Crippen LogP contribution is -1.93. The van der Waals surface area contributed by atoms with E-state index in [4.69, 9.17) is 0 Å². The van der Waals surface area contributed by atoms with Crippen LogP contribution in [0.5, 0.6) is 0 Å². The summed E-state index contributed by atoms with van der Waals surface area (Å²) in [5, 5.41) is 4.70. The van der Waals surface area contributed by atoms with Crippen LogP contribution in [-0.2, 0) is 13.3 Å². The molecule has 0 fully saturated rings. The zero-order valence-corrected chi connectivity index (χ0v) is 22.9. The van der Waals surface area contributed by atoms with E-state index >= 15 is 0 Å². The van der Waals surface area contributed by atoms with Gasteiger partial charge in [0.05, 0.1) is 0 Å². The van der Waals surface area contributed by atoms with Gasteiger partial charge in [-0.05, 0) is 100 Å². The summed E-state index contributed by atoms with van der Waals surface area (Å²) in [6.45, 7) is -1.25. The first-order valence-corrected chi connectivity index (χ1v) is 14.3. The Morgan fingerprint density at radius 2 is 0.833 bits per heavy atom. The van der Waals surface area contributed by atoms with Crippen molar-refractivity contribution in [1.82, 2.24) is 0 Å². The maximum Gasteiger partial charge on any atom is 0.115 e. The van der Waals surface area contributed by atoms with Gasteiger partial charge in [0, 0.05) is 0 Å². The first-order valence-electron chi connectivity index (χ1n) is 14.3. The van der Waals surface area contributed by atoms with E-state index in [-0.39, 0.29) is 0 Å². The summed E-state index contributed by atoms with van der Waals surface area (Å²) in [6, 6.07) is 46.1. The molecule has 42 heavy (non-hydrogen) atoms. The summed E-state index contributed by atoms with van der Waals surface area (Å²) >= 11 is 0. The summed E-state index contributed by atoms with van der Waals surface area (Å²) < 4.78 is 27.6. The van der Waals surface area contributed by atoms with Crippen molar-refractivity contribution >= 4 is 21.5 Å². The number of fused-ring (bicyclic) bond motifs is 4. The van der Waals surface area contributed by atoms with Gasteiger partial charge in [0.25, 0.3) is 0 Å². The second-order valence-electron chi connectivity index (χ2n) is 11.0. The van der Waals surface area contributed by atoms with E-state index in [1.54, 1.807) is 6.07 Å². The van der Waals surface area contributed by atoms with E-state index in [1.807, 2.05) is 12.1 Å². The van der Waals surface area contributed by atoms with Crippen molar-refractivity contribution in [3.8, 4) is 55.6 Å². The van der Waals surface area contributed by atoms with Crippen LogP contribution in [0.4, 0.5) is 8.78 Å². The zero-order chi connectivity index (χ0) is 28.2. The Labute approximate surface area is 243 Å². The molecule has 0 bridgehead atoms. The molecular formula is C40H26F2. The van der Waals surface area contributed by atoms with Crippen molar-refractivity contribution in [2.24, 2.45) is 0 Å². The van der Waals surface area contributed by atoms with Crippen molar-refractivity contribution in [2.45, 2.75) is 13.3 Å². The van der Waals surface area contributed by atoms with Gasteiger partial charge in [-0.15, -0.1) is 0 Å². The number of hydrogen-bond acceptors (Lipinski definition) is 0. The molecular weight excluding hydrogens is 518 g/mol. The summed E-state index contributed by atoms with van der Waals surface area (Å²) in [6.07, 6.45) is 0.